The van der Waals surface area contributed by atoms with E-state index in [0.29, 0.717) is 46.7 Å². The highest BCUT2D eigenvalue weighted by Crippen LogP contribution is 2.29. The van der Waals surface area contributed by atoms with Crippen molar-refractivity contribution >= 4 is 23.2 Å². The molecule has 1 saturated carbocycles. The minimum atomic E-state index is -0.285. The Morgan fingerprint density at radius 2 is 2.00 bits per heavy atom. The molecule has 0 aliphatic heterocycles. The number of carbonyl (C=O) groups excluding carboxylic acids is 1. The molecule has 1 fully saturated rings. The van der Waals surface area contributed by atoms with Gasteiger partial charge in [0.25, 0.3) is 5.91 Å². The van der Waals surface area contributed by atoms with Gasteiger partial charge in [-0.15, -0.1) is 0 Å². The molecule has 3 atom stereocenters. The van der Waals surface area contributed by atoms with E-state index in [9.17, 15) is 4.79 Å². The Kier molecular flexibility index (Phi) is 8.83. The van der Waals surface area contributed by atoms with Crippen LogP contribution in [0.15, 0.2) is 18.2 Å². The average Bonchev–Trinajstić information content (AvgIpc) is 2.70. The molecule has 0 saturated heterocycles. The van der Waals surface area contributed by atoms with E-state index < -0.39 is 0 Å². The summed E-state index contributed by atoms with van der Waals surface area (Å²) in [6, 6.07) is 5.47. The van der Waals surface area contributed by atoms with E-state index in [2.05, 4.69) is 36.9 Å². The smallest absolute Gasteiger partial charge is 0.269 e. The number of carbonyl (C=O) groups is 1. The molecule has 1 aromatic rings. The lowest BCUT2D eigenvalue weighted by Gasteiger charge is -2.35. The lowest BCUT2D eigenvalue weighted by Crippen LogP contribution is -2.52. The molecule has 0 unspecified atom stereocenters. The first-order valence-electron chi connectivity index (χ1n) is 10.1. The first-order chi connectivity index (χ1) is 13.5. The number of ether oxygens (including phenoxy) is 2. The first kappa shape index (κ1) is 22.3. The van der Waals surface area contributed by atoms with Crippen molar-refractivity contribution in [3.8, 4) is 11.5 Å². The van der Waals surface area contributed by atoms with E-state index >= 15 is 0 Å². The average molecular weight is 408 g/mol. The Morgan fingerprint density at radius 3 is 2.71 bits per heavy atom. The van der Waals surface area contributed by atoms with Crippen LogP contribution in [0.2, 0.25) is 0 Å². The second-order valence-electron chi connectivity index (χ2n) is 7.49. The van der Waals surface area contributed by atoms with Gasteiger partial charge in [0.2, 0.25) is 0 Å². The van der Waals surface area contributed by atoms with Crippen LogP contribution in [-0.4, -0.2) is 30.8 Å². The number of nitrogens with one attached hydrogen (secondary N) is 3. The first-order valence-corrected chi connectivity index (χ1v) is 10.5. The molecule has 0 heterocycles. The lowest BCUT2D eigenvalue weighted by atomic mass is 9.78. The summed E-state index contributed by atoms with van der Waals surface area (Å²) in [7, 11) is 1.56. The molecule has 1 aliphatic rings. The van der Waals surface area contributed by atoms with Crippen LogP contribution in [0.1, 0.15) is 63.2 Å². The summed E-state index contributed by atoms with van der Waals surface area (Å²) < 4.78 is 11.1. The summed E-state index contributed by atoms with van der Waals surface area (Å²) in [5.41, 5.74) is 5.92. The zero-order valence-corrected chi connectivity index (χ0v) is 18.2. The fourth-order valence-electron chi connectivity index (χ4n) is 3.43. The van der Waals surface area contributed by atoms with Gasteiger partial charge in [-0.2, -0.15) is 0 Å². The molecule has 2 rings (SSSR count). The second-order valence-corrected chi connectivity index (χ2v) is 7.90. The molecule has 7 heteroatoms. The highest BCUT2D eigenvalue weighted by atomic mass is 32.1. The van der Waals surface area contributed by atoms with Gasteiger partial charge in [-0.05, 0) is 55.1 Å². The minimum Gasteiger partial charge on any atom is -0.493 e. The van der Waals surface area contributed by atoms with Crippen molar-refractivity contribution in [3.05, 3.63) is 23.8 Å². The Bertz CT molecular complexity index is 668. The van der Waals surface area contributed by atoms with E-state index in [1.54, 1.807) is 25.3 Å². The molecule has 0 spiro atoms. The standard InChI is InChI=1S/C21H33N3O3S/c1-5-6-12-27-18-11-10-16(13-19(18)26-4)20(25)23-24-21(28)22-17-9-7-8-14(2)15(17)3/h10-11,13-15,17H,5-9,12H2,1-4H3,(H,23,25)(H2,22,24,28)/t14-,15-,17-/m0/s1. The van der Waals surface area contributed by atoms with Crippen LogP contribution in [0.3, 0.4) is 0 Å². The van der Waals surface area contributed by atoms with Crippen LogP contribution in [0.25, 0.3) is 0 Å². The van der Waals surface area contributed by atoms with Crippen molar-refractivity contribution in [3.63, 3.8) is 0 Å². The van der Waals surface area contributed by atoms with E-state index in [-0.39, 0.29) is 5.91 Å². The van der Waals surface area contributed by atoms with Crippen molar-refractivity contribution in [1.29, 1.82) is 0 Å². The number of hydrogen-bond donors (Lipinski definition) is 3. The molecule has 0 aromatic heterocycles. The number of amides is 1. The minimum absolute atomic E-state index is 0.285. The van der Waals surface area contributed by atoms with Crippen LogP contribution in [0, 0.1) is 11.8 Å². The van der Waals surface area contributed by atoms with Crippen LogP contribution >= 0.6 is 12.2 Å². The van der Waals surface area contributed by atoms with E-state index in [0.717, 1.165) is 19.3 Å². The van der Waals surface area contributed by atoms with Crippen LogP contribution < -0.4 is 25.6 Å². The normalized spacial score (nSPS) is 21.5. The number of unbranched alkanes of at least 4 members (excludes halogenated alkanes) is 1. The number of rotatable bonds is 7. The number of thiocarbonyl (C=S) groups is 1. The Balaban J connectivity index is 1.87. The van der Waals surface area contributed by atoms with Crippen LogP contribution in [0.5, 0.6) is 11.5 Å². The van der Waals surface area contributed by atoms with E-state index in [4.69, 9.17) is 21.7 Å². The number of hydrogen-bond acceptors (Lipinski definition) is 4. The molecule has 3 N–H and O–H groups in total. The molecule has 1 amide bonds. The zero-order valence-electron chi connectivity index (χ0n) is 17.3. The summed E-state index contributed by atoms with van der Waals surface area (Å²) in [5.74, 6) is 2.11. The maximum Gasteiger partial charge on any atom is 0.269 e. The summed E-state index contributed by atoms with van der Waals surface area (Å²) in [6.07, 6.45) is 5.58. The predicted octanol–water partition coefficient (Wildman–Crippen LogP) is 3.81. The van der Waals surface area contributed by atoms with E-state index in [1.165, 1.54) is 12.8 Å². The number of methoxy groups -OCH3 is 1. The second kappa shape index (κ2) is 11.1. The van der Waals surface area contributed by atoms with Gasteiger partial charge in [0, 0.05) is 11.6 Å². The topological polar surface area (TPSA) is 71.6 Å². The van der Waals surface area contributed by atoms with E-state index in [1.807, 2.05) is 0 Å². The third-order valence-corrected chi connectivity index (χ3v) is 5.71. The quantitative estimate of drug-likeness (QED) is 0.363. The van der Waals surface area contributed by atoms with Crippen molar-refractivity contribution in [2.24, 2.45) is 11.8 Å². The van der Waals surface area contributed by atoms with Gasteiger partial charge in [0.1, 0.15) is 0 Å². The SMILES string of the molecule is CCCCOc1ccc(C(=O)NNC(=S)N[C@H]2CCC[C@H](C)[C@@H]2C)cc1OC. The van der Waals surface area contributed by atoms with Crippen LogP contribution in [0.4, 0.5) is 0 Å². The molecule has 1 aromatic carbocycles. The molecule has 28 heavy (non-hydrogen) atoms. The van der Waals surface area contributed by atoms with Gasteiger partial charge in [-0.25, -0.2) is 0 Å². The predicted molar refractivity (Wildman–Crippen MR) is 116 cm³/mol. The summed E-state index contributed by atoms with van der Waals surface area (Å²) in [5, 5.41) is 3.76. The van der Waals surface area contributed by atoms with Gasteiger partial charge in [-0.3, -0.25) is 15.6 Å². The molecular formula is C21H33N3O3S. The van der Waals surface area contributed by atoms with Crippen molar-refractivity contribution in [2.45, 2.75) is 58.9 Å². The van der Waals surface area contributed by atoms with Crippen LogP contribution in [-0.2, 0) is 0 Å². The number of hydrazine groups is 1. The van der Waals surface area contributed by atoms with Crippen molar-refractivity contribution < 1.29 is 14.3 Å². The molecule has 0 bridgehead atoms. The third-order valence-electron chi connectivity index (χ3n) is 5.49. The summed E-state index contributed by atoms with van der Waals surface area (Å²) >= 11 is 5.34. The lowest BCUT2D eigenvalue weighted by molar-refractivity contribution is 0.0942. The third kappa shape index (κ3) is 6.26. The molecular weight excluding hydrogens is 374 g/mol. The Morgan fingerprint density at radius 1 is 1.21 bits per heavy atom. The highest BCUT2D eigenvalue weighted by molar-refractivity contribution is 7.80. The Labute approximate surface area is 173 Å². The van der Waals surface area contributed by atoms with Crippen molar-refractivity contribution in [1.82, 2.24) is 16.2 Å². The monoisotopic (exact) mass is 407 g/mol. The van der Waals surface area contributed by atoms with Gasteiger partial charge < -0.3 is 14.8 Å². The fourth-order valence-corrected chi connectivity index (χ4v) is 3.63. The van der Waals surface area contributed by atoms with Gasteiger partial charge >= 0.3 is 0 Å². The fraction of sp³-hybridized carbons (Fsp3) is 0.619. The molecule has 156 valence electrons. The maximum atomic E-state index is 12.4. The van der Waals surface area contributed by atoms with Gasteiger partial charge in [-0.1, -0.05) is 40.0 Å². The molecule has 6 nitrogen and oxygen atoms in total. The zero-order chi connectivity index (χ0) is 20.5. The molecule has 0 radical (unpaired) electrons. The highest BCUT2D eigenvalue weighted by Gasteiger charge is 2.27. The summed E-state index contributed by atoms with van der Waals surface area (Å²) in [6.45, 7) is 7.26. The van der Waals surface area contributed by atoms with Gasteiger partial charge in [0.05, 0.1) is 13.7 Å². The largest absolute Gasteiger partial charge is 0.493 e. The summed E-state index contributed by atoms with van der Waals surface area (Å²) in [4.78, 5) is 12.4. The Hall–Kier alpha value is -2.02. The number of benzene rings is 1. The van der Waals surface area contributed by atoms with Crippen molar-refractivity contribution in [2.75, 3.05) is 13.7 Å². The maximum absolute atomic E-state index is 12.4. The van der Waals surface area contributed by atoms with Gasteiger partial charge in [0.15, 0.2) is 16.6 Å². The molecule has 1 aliphatic carbocycles.